The molecule has 1 atom stereocenters. The molecule has 0 aliphatic carbocycles. The van der Waals surface area contributed by atoms with E-state index in [1.807, 2.05) is 54.6 Å². The molecule has 3 aromatic rings. The van der Waals surface area contributed by atoms with Crippen molar-refractivity contribution in [2.45, 2.75) is 6.17 Å². The van der Waals surface area contributed by atoms with E-state index in [1.54, 1.807) is 7.05 Å². The number of hydrogen-bond acceptors (Lipinski definition) is 8. The molecule has 150 valence electrons. The number of benzene rings is 2. The lowest BCUT2D eigenvalue weighted by atomic mass is 10.0. The van der Waals surface area contributed by atoms with Gasteiger partial charge >= 0.3 is 6.01 Å². The van der Waals surface area contributed by atoms with Crippen molar-refractivity contribution in [3.63, 3.8) is 0 Å². The SMILES string of the molecule is CN=CC(=CN)c1nnc(NC2N=C(c3ccccc3)c3ccccc3NC2=O)o1. The summed E-state index contributed by atoms with van der Waals surface area (Å²) in [6.07, 6.45) is 1.83. The molecule has 0 bridgehead atoms. The summed E-state index contributed by atoms with van der Waals surface area (Å²) in [4.78, 5) is 21.4. The first-order chi connectivity index (χ1) is 14.7. The predicted molar refractivity (Wildman–Crippen MR) is 115 cm³/mol. The average Bonchev–Trinajstić information content (AvgIpc) is 3.18. The van der Waals surface area contributed by atoms with Gasteiger partial charge < -0.3 is 20.8 Å². The number of benzodiazepines with no additional fused rings is 1. The van der Waals surface area contributed by atoms with Crippen molar-refractivity contribution in [3.05, 3.63) is 77.8 Å². The van der Waals surface area contributed by atoms with Gasteiger partial charge in [-0.15, -0.1) is 5.10 Å². The van der Waals surface area contributed by atoms with Gasteiger partial charge in [0.25, 0.3) is 11.8 Å². The van der Waals surface area contributed by atoms with E-state index in [9.17, 15) is 4.79 Å². The maximum Gasteiger partial charge on any atom is 0.317 e. The Hall–Kier alpha value is -4.27. The van der Waals surface area contributed by atoms with Crippen molar-refractivity contribution < 1.29 is 9.21 Å². The topological polar surface area (TPSA) is 131 Å². The van der Waals surface area contributed by atoms with E-state index in [0.29, 0.717) is 17.0 Å². The molecule has 1 aromatic heterocycles. The molecule has 4 rings (SSSR count). The largest absolute Gasteiger partial charge is 0.404 e. The first kappa shape index (κ1) is 19.1. The molecule has 0 fully saturated rings. The Morgan fingerprint density at radius 2 is 1.93 bits per heavy atom. The third-order valence-electron chi connectivity index (χ3n) is 4.37. The molecule has 0 saturated carbocycles. The number of nitrogens with two attached hydrogens (primary N) is 1. The van der Waals surface area contributed by atoms with E-state index in [-0.39, 0.29) is 17.8 Å². The fraction of sp³-hybridized carbons (Fsp3) is 0.0952. The number of amides is 1. The van der Waals surface area contributed by atoms with Crippen molar-refractivity contribution in [1.82, 2.24) is 10.2 Å². The summed E-state index contributed by atoms with van der Waals surface area (Å²) in [7, 11) is 1.60. The molecule has 4 N–H and O–H groups in total. The van der Waals surface area contributed by atoms with Gasteiger partial charge in [-0.2, -0.15) is 0 Å². The number of rotatable bonds is 5. The first-order valence-corrected chi connectivity index (χ1v) is 9.17. The third kappa shape index (κ3) is 3.81. The molecule has 9 heteroatoms. The second-order valence-electron chi connectivity index (χ2n) is 6.35. The highest BCUT2D eigenvalue weighted by Crippen LogP contribution is 2.25. The molecule has 2 heterocycles. The van der Waals surface area contributed by atoms with E-state index in [4.69, 9.17) is 10.2 Å². The second-order valence-corrected chi connectivity index (χ2v) is 6.35. The van der Waals surface area contributed by atoms with Gasteiger partial charge in [0.15, 0.2) is 0 Å². The molecule has 0 radical (unpaired) electrons. The molecule has 1 aliphatic rings. The van der Waals surface area contributed by atoms with Gasteiger partial charge in [0.1, 0.15) is 0 Å². The van der Waals surface area contributed by atoms with Crippen LogP contribution in [0.2, 0.25) is 0 Å². The smallest absolute Gasteiger partial charge is 0.317 e. The van der Waals surface area contributed by atoms with Crippen LogP contribution in [-0.4, -0.2) is 41.2 Å². The van der Waals surface area contributed by atoms with E-state index in [0.717, 1.165) is 11.1 Å². The fourth-order valence-corrected chi connectivity index (χ4v) is 3.00. The number of nitrogens with one attached hydrogen (secondary N) is 2. The zero-order valence-electron chi connectivity index (χ0n) is 16.1. The lowest BCUT2D eigenvalue weighted by molar-refractivity contribution is -0.116. The monoisotopic (exact) mass is 401 g/mol. The Balaban J connectivity index is 1.70. The predicted octanol–water partition coefficient (Wildman–Crippen LogP) is 2.30. The number of para-hydroxylation sites is 1. The van der Waals surface area contributed by atoms with Gasteiger partial charge in [-0.1, -0.05) is 53.6 Å². The number of allylic oxidation sites excluding steroid dienone is 1. The van der Waals surface area contributed by atoms with Crippen LogP contribution >= 0.6 is 0 Å². The molecule has 0 saturated heterocycles. The van der Waals surface area contributed by atoms with Crippen molar-refractivity contribution in [3.8, 4) is 0 Å². The number of hydrogen-bond donors (Lipinski definition) is 3. The summed E-state index contributed by atoms with van der Waals surface area (Å²) >= 11 is 0. The van der Waals surface area contributed by atoms with Crippen molar-refractivity contribution in [2.24, 2.45) is 15.7 Å². The van der Waals surface area contributed by atoms with Crippen LogP contribution in [0.4, 0.5) is 11.7 Å². The molecule has 1 amide bonds. The Labute approximate surface area is 172 Å². The van der Waals surface area contributed by atoms with Gasteiger partial charge in [0.2, 0.25) is 6.17 Å². The number of carbonyl (C=O) groups excluding carboxylic acids is 1. The molecular weight excluding hydrogens is 382 g/mol. The number of aliphatic imine (C=N–C) groups is 2. The summed E-state index contributed by atoms with van der Waals surface area (Å²) in [5, 5.41) is 13.7. The minimum absolute atomic E-state index is 0.0381. The third-order valence-corrected chi connectivity index (χ3v) is 4.37. The standard InChI is InChI=1S/C21H19N7O2/c1-23-12-14(11-22)20-27-28-21(30-20)26-18-19(29)24-16-10-6-5-9-15(16)17(25-18)13-7-3-2-4-8-13/h2-12,18H,22H2,1H3,(H,24,29)(H,26,28). The van der Waals surface area contributed by atoms with Crippen molar-refractivity contribution in [1.29, 1.82) is 0 Å². The Morgan fingerprint density at radius 1 is 1.17 bits per heavy atom. The highest BCUT2D eigenvalue weighted by molar-refractivity contribution is 6.19. The quantitative estimate of drug-likeness (QED) is 0.562. The molecule has 9 nitrogen and oxygen atoms in total. The summed E-state index contributed by atoms with van der Waals surface area (Å²) < 4.78 is 5.58. The van der Waals surface area contributed by atoms with Gasteiger partial charge in [0.05, 0.1) is 17.0 Å². The maximum absolute atomic E-state index is 12.8. The number of aromatic nitrogens is 2. The highest BCUT2D eigenvalue weighted by Gasteiger charge is 2.27. The van der Waals surface area contributed by atoms with E-state index < -0.39 is 6.17 Å². The van der Waals surface area contributed by atoms with E-state index >= 15 is 0 Å². The van der Waals surface area contributed by atoms with Gasteiger partial charge in [-0.25, -0.2) is 4.99 Å². The zero-order valence-corrected chi connectivity index (χ0v) is 16.1. The van der Waals surface area contributed by atoms with Crippen LogP contribution in [0.15, 0.2) is 75.2 Å². The van der Waals surface area contributed by atoms with E-state index in [1.165, 1.54) is 12.4 Å². The normalized spacial score (nSPS) is 16.6. The number of carbonyl (C=O) groups is 1. The van der Waals surface area contributed by atoms with Crippen LogP contribution in [0.3, 0.4) is 0 Å². The van der Waals surface area contributed by atoms with Gasteiger partial charge in [0, 0.05) is 30.6 Å². The van der Waals surface area contributed by atoms with Crippen LogP contribution in [0.1, 0.15) is 17.0 Å². The van der Waals surface area contributed by atoms with Crippen LogP contribution in [0.25, 0.3) is 5.57 Å². The maximum atomic E-state index is 12.8. The minimum atomic E-state index is -0.981. The number of anilines is 2. The molecule has 1 unspecified atom stereocenters. The first-order valence-electron chi connectivity index (χ1n) is 9.17. The Kier molecular flexibility index (Phi) is 5.33. The molecule has 2 aromatic carbocycles. The second kappa shape index (κ2) is 8.39. The lowest BCUT2D eigenvalue weighted by Crippen LogP contribution is -2.32. The molecule has 0 spiro atoms. The van der Waals surface area contributed by atoms with Crippen molar-refractivity contribution in [2.75, 3.05) is 17.7 Å². The van der Waals surface area contributed by atoms with E-state index in [2.05, 4.69) is 30.8 Å². The van der Waals surface area contributed by atoms with Crippen LogP contribution in [-0.2, 0) is 4.79 Å². The molecular formula is C21H19N7O2. The Morgan fingerprint density at radius 3 is 2.70 bits per heavy atom. The number of nitrogens with zero attached hydrogens (tertiary/aromatic N) is 4. The highest BCUT2D eigenvalue weighted by atomic mass is 16.4. The summed E-state index contributed by atoms with van der Waals surface area (Å²) in [6, 6.07) is 17.2. The van der Waals surface area contributed by atoms with Crippen LogP contribution in [0, 0.1) is 0 Å². The zero-order chi connectivity index (χ0) is 20.9. The minimum Gasteiger partial charge on any atom is -0.404 e. The molecule has 1 aliphatic heterocycles. The number of fused-ring (bicyclic) bond motifs is 1. The Bertz CT molecular complexity index is 1150. The summed E-state index contributed by atoms with van der Waals surface area (Å²) in [6.45, 7) is 0. The van der Waals surface area contributed by atoms with Crippen molar-refractivity contribution >= 4 is 35.1 Å². The van der Waals surface area contributed by atoms with Crippen LogP contribution < -0.4 is 16.4 Å². The lowest BCUT2D eigenvalue weighted by Gasteiger charge is -2.11. The average molecular weight is 401 g/mol. The van der Waals surface area contributed by atoms with Crippen LogP contribution in [0.5, 0.6) is 0 Å². The summed E-state index contributed by atoms with van der Waals surface area (Å²) in [5.74, 6) is -0.173. The van der Waals surface area contributed by atoms with Gasteiger partial charge in [-0.05, 0) is 6.07 Å². The molecule has 30 heavy (non-hydrogen) atoms. The summed E-state index contributed by atoms with van der Waals surface area (Å²) in [5.41, 5.74) is 9.08. The fourth-order valence-electron chi connectivity index (χ4n) is 3.00. The van der Waals surface area contributed by atoms with Gasteiger partial charge in [-0.3, -0.25) is 9.79 Å².